The van der Waals surface area contributed by atoms with Gasteiger partial charge in [-0.25, -0.2) is 14.8 Å². The summed E-state index contributed by atoms with van der Waals surface area (Å²) < 4.78 is 10.3. The van der Waals surface area contributed by atoms with Gasteiger partial charge in [-0.15, -0.1) is 0 Å². The molecule has 1 fully saturated rings. The van der Waals surface area contributed by atoms with Crippen LogP contribution < -0.4 is 4.90 Å². The molecule has 2 heterocycles. The standard InChI is InChI=1S/C13H19N3O3/c1-3-11-10(12(17)19-4-2)9-14-13(15-11)16-5-7-18-8-6-16/h9H,3-8H2,1-2H3. The highest BCUT2D eigenvalue weighted by Gasteiger charge is 2.18. The number of morpholine rings is 1. The first-order valence-electron chi connectivity index (χ1n) is 6.62. The Morgan fingerprint density at radius 1 is 1.42 bits per heavy atom. The van der Waals surface area contributed by atoms with Crippen LogP contribution in [0.5, 0.6) is 0 Å². The number of anilines is 1. The molecule has 0 amide bonds. The highest BCUT2D eigenvalue weighted by Crippen LogP contribution is 2.14. The summed E-state index contributed by atoms with van der Waals surface area (Å²) in [4.78, 5) is 22.6. The Hall–Kier alpha value is -1.69. The molecule has 0 saturated carbocycles. The van der Waals surface area contributed by atoms with Crippen LogP contribution in [0, 0.1) is 0 Å². The van der Waals surface area contributed by atoms with Crippen LogP contribution in [0.25, 0.3) is 0 Å². The molecular weight excluding hydrogens is 246 g/mol. The Bertz CT molecular complexity index is 445. The van der Waals surface area contributed by atoms with Crippen molar-refractivity contribution in [3.8, 4) is 0 Å². The molecule has 1 aliphatic heterocycles. The number of nitrogens with zero attached hydrogens (tertiary/aromatic N) is 3. The van der Waals surface area contributed by atoms with Crippen molar-refractivity contribution in [1.82, 2.24) is 9.97 Å². The molecule has 0 N–H and O–H groups in total. The number of carbonyl (C=O) groups is 1. The van der Waals surface area contributed by atoms with E-state index in [1.54, 1.807) is 13.1 Å². The van der Waals surface area contributed by atoms with Crippen molar-refractivity contribution in [2.24, 2.45) is 0 Å². The normalized spacial score (nSPS) is 15.4. The average Bonchev–Trinajstić information content (AvgIpc) is 2.47. The van der Waals surface area contributed by atoms with Crippen LogP contribution in [0.1, 0.15) is 29.9 Å². The van der Waals surface area contributed by atoms with Gasteiger partial charge in [0.2, 0.25) is 5.95 Å². The second-order valence-electron chi connectivity index (χ2n) is 4.20. The summed E-state index contributed by atoms with van der Waals surface area (Å²) in [6, 6.07) is 0. The fourth-order valence-corrected chi connectivity index (χ4v) is 1.97. The molecule has 6 heteroatoms. The van der Waals surface area contributed by atoms with Gasteiger partial charge in [0.15, 0.2) is 0 Å². The van der Waals surface area contributed by atoms with E-state index in [9.17, 15) is 4.79 Å². The minimum atomic E-state index is -0.354. The lowest BCUT2D eigenvalue weighted by Crippen LogP contribution is -2.37. The monoisotopic (exact) mass is 265 g/mol. The minimum absolute atomic E-state index is 0.354. The third-order valence-corrected chi connectivity index (χ3v) is 2.98. The number of esters is 1. The second-order valence-corrected chi connectivity index (χ2v) is 4.20. The Balaban J connectivity index is 2.22. The molecule has 1 aromatic rings. The van der Waals surface area contributed by atoms with Gasteiger partial charge in [-0.1, -0.05) is 6.92 Å². The molecule has 2 rings (SSSR count). The molecule has 1 aromatic heterocycles. The molecule has 0 aromatic carbocycles. The maximum atomic E-state index is 11.8. The largest absolute Gasteiger partial charge is 0.462 e. The number of carbonyl (C=O) groups excluding carboxylic acids is 1. The molecule has 19 heavy (non-hydrogen) atoms. The summed E-state index contributed by atoms with van der Waals surface area (Å²) in [5.41, 5.74) is 1.19. The molecule has 1 saturated heterocycles. The first-order chi connectivity index (χ1) is 9.26. The van der Waals surface area contributed by atoms with Gasteiger partial charge >= 0.3 is 5.97 Å². The van der Waals surface area contributed by atoms with Crippen LogP contribution in [-0.2, 0) is 15.9 Å². The SMILES string of the molecule is CCOC(=O)c1cnc(N2CCOCC2)nc1CC. The van der Waals surface area contributed by atoms with Crippen molar-refractivity contribution in [2.75, 3.05) is 37.8 Å². The Labute approximate surface area is 112 Å². The van der Waals surface area contributed by atoms with Gasteiger partial charge in [0, 0.05) is 19.3 Å². The van der Waals surface area contributed by atoms with Gasteiger partial charge in [-0.05, 0) is 13.3 Å². The number of hydrogen-bond donors (Lipinski definition) is 0. The zero-order valence-corrected chi connectivity index (χ0v) is 11.4. The molecule has 0 aliphatic carbocycles. The van der Waals surface area contributed by atoms with E-state index in [1.165, 1.54) is 0 Å². The van der Waals surface area contributed by atoms with Crippen LogP contribution in [0.3, 0.4) is 0 Å². The van der Waals surface area contributed by atoms with Crippen LogP contribution in [0.15, 0.2) is 6.20 Å². The van der Waals surface area contributed by atoms with E-state index in [1.807, 2.05) is 6.92 Å². The van der Waals surface area contributed by atoms with Gasteiger partial charge in [0.1, 0.15) is 0 Å². The van der Waals surface area contributed by atoms with Gasteiger partial charge < -0.3 is 14.4 Å². The minimum Gasteiger partial charge on any atom is -0.462 e. The van der Waals surface area contributed by atoms with Crippen LogP contribution in [0.2, 0.25) is 0 Å². The quantitative estimate of drug-likeness (QED) is 0.758. The summed E-state index contributed by atoms with van der Waals surface area (Å²) in [5.74, 6) is 0.307. The molecule has 0 radical (unpaired) electrons. The van der Waals surface area contributed by atoms with Gasteiger partial charge in [0.05, 0.1) is 31.1 Å². The maximum Gasteiger partial charge on any atom is 0.341 e. The lowest BCUT2D eigenvalue weighted by molar-refractivity contribution is 0.0524. The average molecular weight is 265 g/mol. The van der Waals surface area contributed by atoms with E-state index in [4.69, 9.17) is 9.47 Å². The number of aromatic nitrogens is 2. The van der Waals surface area contributed by atoms with Crippen molar-refractivity contribution < 1.29 is 14.3 Å². The maximum absolute atomic E-state index is 11.8. The molecule has 1 aliphatic rings. The smallest absolute Gasteiger partial charge is 0.341 e. The number of aryl methyl sites for hydroxylation is 1. The van der Waals surface area contributed by atoms with E-state index in [0.717, 1.165) is 18.8 Å². The van der Waals surface area contributed by atoms with E-state index in [-0.39, 0.29) is 5.97 Å². The summed E-state index contributed by atoms with van der Waals surface area (Å²) in [5, 5.41) is 0. The van der Waals surface area contributed by atoms with E-state index >= 15 is 0 Å². The fourth-order valence-electron chi connectivity index (χ4n) is 1.97. The molecule has 0 bridgehead atoms. The molecular formula is C13H19N3O3. The lowest BCUT2D eigenvalue weighted by Gasteiger charge is -2.27. The van der Waals surface area contributed by atoms with E-state index in [2.05, 4.69) is 14.9 Å². The van der Waals surface area contributed by atoms with Crippen LogP contribution in [-0.4, -0.2) is 48.8 Å². The summed E-state index contributed by atoms with van der Waals surface area (Å²) in [7, 11) is 0. The Morgan fingerprint density at radius 2 is 2.16 bits per heavy atom. The van der Waals surface area contributed by atoms with Gasteiger partial charge in [-0.3, -0.25) is 0 Å². The first kappa shape index (κ1) is 13.7. The predicted molar refractivity (Wildman–Crippen MR) is 70.4 cm³/mol. The van der Waals surface area contributed by atoms with Crippen molar-refractivity contribution in [3.63, 3.8) is 0 Å². The van der Waals surface area contributed by atoms with Crippen molar-refractivity contribution >= 4 is 11.9 Å². The van der Waals surface area contributed by atoms with Crippen molar-refractivity contribution in [3.05, 3.63) is 17.5 Å². The Morgan fingerprint density at radius 3 is 2.79 bits per heavy atom. The van der Waals surface area contributed by atoms with Gasteiger partial charge in [0.25, 0.3) is 0 Å². The zero-order chi connectivity index (χ0) is 13.7. The zero-order valence-electron chi connectivity index (χ0n) is 11.4. The summed E-state index contributed by atoms with van der Waals surface area (Å²) in [6.45, 7) is 7.03. The van der Waals surface area contributed by atoms with E-state index < -0.39 is 0 Å². The summed E-state index contributed by atoms with van der Waals surface area (Å²) in [6.07, 6.45) is 2.24. The topological polar surface area (TPSA) is 64.5 Å². The number of hydrogen-bond acceptors (Lipinski definition) is 6. The fraction of sp³-hybridized carbons (Fsp3) is 0.615. The van der Waals surface area contributed by atoms with Crippen LogP contribution >= 0.6 is 0 Å². The predicted octanol–water partition coefficient (Wildman–Crippen LogP) is 1.05. The molecule has 104 valence electrons. The van der Waals surface area contributed by atoms with Crippen molar-refractivity contribution in [1.29, 1.82) is 0 Å². The molecule has 0 unspecified atom stereocenters. The number of rotatable bonds is 4. The van der Waals surface area contributed by atoms with Gasteiger partial charge in [-0.2, -0.15) is 0 Å². The number of ether oxygens (including phenoxy) is 2. The van der Waals surface area contributed by atoms with Crippen molar-refractivity contribution in [2.45, 2.75) is 20.3 Å². The Kier molecular flexibility index (Phi) is 4.68. The van der Waals surface area contributed by atoms with Crippen LogP contribution in [0.4, 0.5) is 5.95 Å². The third-order valence-electron chi connectivity index (χ3n) is 2.98. The highest BCUT2D eigenvalue weighted by molar-refractivity contribution is 5.90. The molecule has 0 spiro atoms. The lowest BCUT2D eigenvalue weighted by atomic mass is 10.2. The second kappa shape index (κ2) is 6.47. The third kappa shape index (κ3) is 3.20. The summed E-state index contributed by atoms with van der Waals surface area (Å²) >= 11 is 0. The van der Waals surface area contributed by atoms with E-state index in [0.29, 0.717) is 37.8 Å². The first-order valence-corrected chi connectivity index (χ1v) is 6.62. The highest BCUT2D eigenvalue weighted by atomic mass is 16.5. The molecule has 6 nitrogen and oxygen atoms in total. The molecule has 0 atom stereocenters.